The second-order valence-electron chi connectivity index (χ2n) is 4.39. The summed E-state index contributed by atoms with van der Waals surface area (Å²) in [4.78, 5) is 0. The molecule has 1 aliphatic heterocycles. The number of rotatable bonds is 8. The number of halogens is 1. The summed E-state index contributed by atoms with van der Waals surface area (Å²) in [6, 6.07) is 9.32. The number of hydrogen-bond acceptors (Lipinski definition) is 3. The lowest BCUT2D eigenvalue weighted by molar-refractivity contribution is 0.0977. The summed E-state index contributed by atoms with van der Waals surface area (Å²) in [6.45, 7) is -4.05. The van der Waals surface area contributed by atoms with Gasteiger partial charge in [-0.25, -0.2) is 9.76 Å². The molecule has 1 N–H and O–H groups in total. The van der Waals surface area contributed by atoms with E-state index in [4.69, 9.17) is 26.3 Å². The first-order valence-electron chi connectivity index (χ1n) is 8.68. The van der Waals surface area contributed by atoms with E-state index in [0.717, 1.165) is 10.2 Å². The molecule has 118 valence electrons. The van der Waals surface area contributed by atoms with Gasteiger partial charge in [0.05, 0.1) is 19.8 Å². The molecule has 0 saturated carbocycles. The quantitative estimate of drug-likeness (QED) is 0.584. The lowest BCUT2D eigenvalue weighted by Gasteiger charge is -2.34. The Morgan fingerprint density at radius 3 is 3.05 bits per heavy atom. The van der Waals surface area contributed by atoms with Gasteiger partial charge >= 0.3 is 7.67 Å². The molecule has 1 saturated heterocycles. The highest BCUT2D eigenvalue weighted by molar-refractivity contribution is 7.54. The molecule has 2 rings (SSSR count). The van der Waals surface area contributed by atoms with Gasteiger partial charge in [-0.15, -0.1) is 11.6 Å². The van der Waals surface area contributed by atoms with Crippen LogP contribution in [0.15, 0.2) is 30.3 Å². The number of hydrogen-bond donors (Lipinski definition) is 1. The molecule has 0 aromatic heterocycles. The van der Waals surface area contributed by atoms with Crippen molar-refractivity contribution >= 4 is 19.3 Å². The third-order valence-electron chi connectivity index (χ3n) is 2.85. The summed E-state index contributed by atoms with van der Waals surface area (Å²) in [5.41, 5.74) is 0.896. The summed E-state index contributed by atoms with van der Waals surface area (Å²) >= 11 is 5.54. The minimum absolute atomic E-state index is 0.153. The van der Waals surface area contributed by atoms with E-state index < -0.39 is 26.5 Å². The molecule has 1 aromatic rings. The summed E-state index contributed by atoms with van der Waals surface area (Å²) in [7, 11) is -3.93. The summed E-state index contributed by atoms with van der Waals surface area (Å²) in [6.07, 6.45) is 0.480. The molecular weight excluding hydrogens is 311 g/mol. The highest BCUT2D eigenvalue weighted by Crippen LogP contribution is 2.48. The van der Waals surface area contributed by atoms with Gasteiger partial charge in [0, 0.05) is 30.9 Å². The van der Waals surface area contributed by atoms with Crippen molar-refractivity contribution in [1.29, 1.82) is 0 Å². The normalized spacial score (nSPS) is 27.5. The maximum Gasteiger partial charge on any atom is 0.343 e. The van der Waals surface area contributed by atoms with Gasteiger partial charge in [0.2, 0.25) is 0 Å². The van der Waals surface area contributed by atoms with Crippen LogP contribution in [0.2, 0.25) is 0 Å². The van der Waals surface area contributed by atoms with E-state index in [9.17, 15) is 4.57 Å². The average molecular weight is 337 g/mol. The summed E-state index contributed by atoms with van der Waals surface area (Å²) < 4.78 is 56.5. The van der Waals surface area contributed by atoms with Gasteiger partial charge in [-0.05, 0) is 12.0 Å². The standard InChI is InChI=1S/C14H22ClN2O3P/c15-7-8-16-21(18)17(9-4-11-20-21)10-12-19-13-14-5-2-1-3-6-14/h1-3,5-6H,4,7-13H2,(H,16,18)/i8D2,10D2. The van der Waals surface area contributed by atoms with Crippen LogP contribution in [0.4, 0.5) is 0 Å². The van der Waals surface area contributed by atoms with Crippen LogP contribution in [0.1, 0.15) is 17.5 Å². The Balaban J connectivity index is 2.04. The topological polar surface area (TPSA) is 50.8 Å². The van der Waals surface area contributed by atoms with Crippen LogP contribution in [0.25, 0.3) is 0 Å². The molecule has 0 radical (unpaired) electrons. The maximum atomic E-state index is 13.0. The summed E-state index contributed by atoms with van der Waals surface area (Å²) in [5.74, 6) is -0.443. The van der Waals surface area contributed by atoms with Crippen LogP contribution in [0, 0.1) is 0 Å². The molecule has 1 atom stereocenters. The Morgan fingerprint density at radius 1 is 1.48 bits per heavy atom. The fraction of sp³-hybridized carbons (Fsp3) is 0.571. The fourth-order valence-electron chi connectivity index (χ4n) is 1.86. The Morgan fingerprint density at radius 2 is 2.29 bits per heavy atom. The van der Waals surface area contributed by atoms with Crippen molar-refractivity contribution in [3.05, 3.63) is 35.9 Å². The van der Waals surface area contributed by atoms with Crippen LogP contribution in [-0.4, -0.2) is 43.3 Å². The van der Waals surface area contributed by atoms with Crippen LogP contribution < -0.4 is 5.09 Å². The minimum Gasteiger partial charge on any atom is -0.375 e. The van der Waals surface area contributed by atoms with E-state index in [1.165, 1.54) is 0 Å². The van der Waals surface area contributed by atoms with Crippen molar-refractivity contribution in [2.24, 2.45) is 0 Å². The molecule has 0 aliphatic carbocycles. The molecule has 21 heavy (non-hydrogen) atoms. The van der Waals surface area contributed by atoms with Gasteiger partial charge < -0.3 is 9.26 Å². The first-order valence-corrected chi connectivity index (χ1v) is 8.80. The maximum absolute atomic E-state index is 13.0. The predicted octanol–water partition coefficient (Wildman–Crippen LogP) is 2.86. The van der Waals surface area contributed by atoms with Crippen molar-refractivity contribution in [2.75, 3.05) is 38.6 Å². The van der Waals surface area contributed by atoms with Gasteiger partial charge in [-0.2, -0.15) is 0 Å². The molecule has 1 aliphatic rings. The van der Waals surface area contributed by atoms with E-state index in [1.807, 2.05) is 30.3 Å². The second-order valence-corrected chi connectivity index (χ2v) is 6.66. The number of alkyl halides is 1. The molecule has 1 fully saturated rings. The monoisotopic (exact) mass is 336 g/mol. The van der Waals surface area contributed by atoms with E-state index in [0.29, 0.717) is 6.42 Å². The summed E-state index contributed by atoms with van der Waals surface area (Å²) in [5, 5.41) is 2.25. The van der Waals surface area contributed by atoms with Gasteiger partial charge in [0.1, 0.15) is 0 Å². The zero-order valence-corrected chi connectivity index (χ0v) is 13.3. The highest BCUT2D eigenvalue weighted by atomic mass is 35.5. The molecule has 0 amide bonds. The minimum atomic E-state index is -3.93. The molecule has 1 unspecified atom stereocenters. The van der Waals surface area contributed by atoms with Gasteiger partial charge in [-0.1, -0.05) is 30.3 Å². The predicted molar refractivity (Wildman–Crippen MR) is 84.6 cm³/mol. The Bertz CT molecular complexity index is 609. The van der Waals surface area contributed by atoms with Crippen molar-refractivity contribution in [3.8, 4) is 0 Å². The molecule has 1 aromatic carbocycles. The molecule has 7 heteroatoms. The second kappa shape index (κ2) is 8.89. The van der Waals surface area contributed by atoms with Gasteiger partial charge in [0.25, 0.3) is 0 Å². The zero-order valence-electron chi connectivity index (χ0n) is 15.6. The van der Waals surface area contributed by atoms with Crippen LogP contribution >= 0.6 is 19.3 Å². The van der Waals surface area contributed by atoms with Crippen molar-refractivity contribution in [2.45, 2.75) is 13.0 Å². The fourth-order valence-corrected chi connectivity index (χ4v) is 3.65. The Kier molecular flexibility index (Phi) is 5.10. The van der Waals surface area contributed by atoms with E-state index in [-0.39, 0.29) is 26.4 Å². The van der Waals surface area contributed by atoms with Crippen LogP contribution in [0.5, 0.6) is 0 Å². The molecule has 0 spiro atoms. The van der Waals surface area contributed by atoms with E-state index >= 15 is 0 Å². The van der Waals surface area contributed by atoms with Crippen molar-refractivity contribution in [1.82, 2.24) is 9.76 Å². The third kappa shape index (κ3) is 5.37. The number of nitrogens with one attached hydrogen (secondary N) is 1. The molecular formula is C14H22ClN2O3P. The largest absolute Gasteiger partial charge is 0.375 e. The van der Waals surface area contributed by atoms with Gasteiger partial charge in [0.15, 0.2) is 0 Å². The van der Waals surface area contributed by atoms with Crippen molar-refractivity contribution in [3.63, 3.8) is 0 Å². The first-order chi connectivity index (χ1) is 11.7. The average Bonchev–Trinajstić information content (AvgIpc) is 2.55. The van der Waals surface area contributed by atoms with Gasteiger partial charge in [-0.3, -0.25) is 4.57 Å². The smallest absolute Gasteiger partial charge is 0.343 e. The number of benzene rings is 1. The Labute approximate surface area is 136 Å². The van der Waals surface area contributed by atoms with Crippen molar-refractivity contribution < 1.29 is 19.3 Å². The molecule has 5 nitrogen and oxygen atoms in total. The highest BCUT2D eigenvalue weighted by Gasteiger charge is 2.34. The van der Waals surface area contributed by atoms with Crippen LogP contribution in [-0.2, 0) is 20.4 Å². The SMILES string of the molecule is [2H]C([2H])(CCl)NP1(=O)OCCCN1C([2H])([2H])COCc1ccccc1. The van der Waals surface area contributed by atoms with Crippen LogP contribution in [0.3, 0.4) is 0 Å². The van der Waals surface area contributed by atoms with E-state index in [1.54, 1.807) is 0 Å². The third-order valence-corrected chi connectivity index (χ3v) is 4.93. The lowest BCUT2D eigenvalue weighted by Crippen LogP contribution is -2.37. The number of nitrogens with zero attached hydrogens (tertiary/aromatic N) is 1. The number of ether oxygens (including phenoxy) is 1. The lowest BCUT2D eigenvalue weighted by atomic mass is 10.2. The first kappa shape index (κ1) is 12.1. The molecule has 0 bridgehead atoms. The zero-order chi connectivity index (χ0) is 18.6. The molecule has 1 heterocycles. The van der Waals surface area contributed by atoms with E-state index in [2.05, 4.69) is 5.09 Å². The Hall–Kier alpha value is -0.420.